The number of nitrogens with one attached hydrogen (secondary N) is 1. The molecule has 0 unspecified atom stereocenters. The Kier molecular flexibility index (Phi) is 5.37. The van der Waals surface area contributed by atoms with Crippen LogP contribution in [0.4, 0.5) is 0 Å². The van der Waals surface area contributed by atoms with Crippen LogP contribution in [0.25, 0.3) is 0 Å². The molecule has 2 amide bonds. The van der Waals surface area contributed by atoms with Gasteiger partial charge in [0.25, 0.3) is 5.91 Å². The second kappa shape index (κ2) is 7.25. The van der Waals surface area contributed by atoms with Crippen molar-refractivity contribution in [1.82, 2.24) is 10.2 Å². The fourth-order valence-electron chi connectivity index (χ4n) is 2.53. The van der Waals surface area contributed by atoms with Crippen molar-refractivity contribution in [3.63, 3.8) is 0 Å². The Bertz CT molecular complexity index is 494. The highest BCUT2D eigenvalue weighted by atomic mass is 16.2. The highest BCUT2D eigenvalue weighted by Gasteiger charge is 2.19. The quantitative estimate of drug-likeness (QED) is 0.818. The first-order chi connectivity index (χ1) is 10.1. The van der Waals surface area contributed by atoms with E-state index in [2.05, 4.69) is 19.2 Å². The lowest BCUT2D eigenvalue weighted by molar-refractivity contribution is -0.127. The van der Waals surface area contributed by atoms with Crippen molar-refractivity contribution in [2.45, 2.75) is 39.0 Å². The fraction of sp³-hybridized carbons (Fsp3) is 0.529. The fourth-order valence-corrected chi connectivity index (χ4v) is 2.53. The average molecular weight is 288 g/mol. The standard InChI is InChI=1S/C17H24N2O2/c1-13(2)14-6-8-15(9-7-14)17(21)18-10-4-12-19-11-3-5-16(19)20/h6-9,13H,3-5,10-12H2,1-2H3,(H,18,21). The summed E-state index contributed by atoms with van der Waals surface area (Å²) < 4.78 is 0. The Labute approximate surface area is 126 Å². The zero-order valence-corrected chi connectivity index (χ0v) is 12.9. The molecule has 4 nitrogen and oxygen atoms in total. The second-order valence-electron chi connectivity index (χ2n) is 5.87. The van der Waals surface area contributed by atoms with Crippen LogP contribution in [0.2, 0.25) is 0 Å². The number of benzene rings is 1. The van der Waals surface area contributed by atoms with Gasteiger partial charge < -0.3 is 10.2 Å². The van der Waals surface area contributed by atoms with Gasteiger partial charge in [0.2, 0.25) is 5.91 Å². The third-order valence-electron chi connectivity index (χ3n) is 3.90. The van der Waals surface area contributed by atoms with E-state index in [1.54, 1.807) is 0 Å². The van der Waals surface area contributed by atoms with E-state index in [-0.39, 0.29) is 11.8 Å². The predicted molar refractivity (Wildman–Crippen MR) is 83.3 cm³/mol. The number of nitrogens with zero attached hydrogens (tertiary/aromatic N) is 1. The molecule has 0 radical (unpaired) electrons. The first-order valence-corrected chi connectivity index (χ1v) is 7.74. The molecule has 1 aromatic carbocycles. The van der Waals surface area contributed by atoms with Crippen LogP contribution in [-0.2, 0) is 4.79 Å². The molecule has 0 atom stereocenters. The van der Waals surface area contributed by atoms with Crippen molar-refractivity contribution in [2.75, 3.05) is 19.6 Å². The number of amides is 2. The normalized spacial score (nSPS) is 14.8. The van der Waals surface area contributed by atoms with Crippen LogP contribution in [-0.4, -0.2) is 36.3 Å². The largest absolute Gasteiger partial charge is 0.352 e. The lowest BCUT2D eigenvalue weighted by Crippen LogP contribution is -2.30. The van der Waals surface area contributed by atoms with Crippen LogP contribution in [0.1, 0.15) is 54.9 Å². The first kappa shape index (κ1) is 15.5. The minimum atomic E-state index is -0.0435. The van der Waals surface area contributed by atoms with E-state index >= 15 is 0 Å². The van der Waals surface area contributed by atoms with Gasteiger partial charge in [-0.2, -0.15) is 0 Å². The average Bonchev–Trinajstić information content (AvgIpc) is 2.89. The molecule has 4 heteroatoms. The van der Waals surface area contributed by atoms with Crippen LogP contribution in [0.5, 0.6) is 0 Å². The van der Waals surface area contributed by atoms with Crippen molar-refractivity contribution in [3.8, 4) is 0 Å². The molecule has 1 aliphatic rings. The monoisotopic (exact) mass is 288 g/mol. The molecule has 114 valence electrons. The van der Waals surface area contributed by atoms with Crippen molar-refractivity contribution in [3.05, 3.63) is 35.4 Å². The topological polar surface area (TPSA) is 49.4 Å². The van der Waals surface area contributed by atoms with Crippen molar-refractivity contribution in [1.29, 1.82) is 0 Å². The van der Waals surface area contributed by atoms with Crippen LogP contribution in [0.3, 0.4) is 0 Å². The Morgan fingerprint density at radius 1 is 1.29 bits per heavy atom. The SMILES string of the molecule is CC(C)c1ccc(C(=O)NCCCN2CCCC2=O)cc1. The highest BCUT2D eigenvalue weighted by molar-refractivity contribution is 5.94. The molecule has 1 fully saturated rings. The van der Waals surface area contributed by atoms with Gasteiger partial charge in [-0.25, -0.2) is 0 Å². The molecule has 0 aliphatic carbocycles. The number of rotatable bonds is 6. The molecule has 1 aromatic rings. The van der Waals surface area contributed by atoms with E-state index in [0.29, 0.717) is 24.4 Å². The molecule has 0 saturated carbocycles. The summed E-state index contributed by atoms with van der Waals surface area (Å²) in [6.07, 6.45) is 2.45. The predicted octanol–water partition coefficient (Wildman–Crippen LogP) is 2.55. The molecule has 2 rings (SSSR count). The Morgan fingerprint density at radius 3 is 2.57 bits per heavy atom. The molecular weight excluding hydrogens is 264 g/mol. The van der Waals surface area contributed by atoms with Gasteiger partial charge in [0.1, 0.15) is 0 Å². The maximum atomic E-state index is 12.0. The number of likely N-dealkylation sites (tertiary alicyclic amines) is 1. The molecule has 1 aliphatic heterocycles. The van der Waals surface area contributed by atoms with Crippen LogP contribution >= 0.6 is 0 Å². The van der Waals surface area contributed by atoms with Gasteiger partial charge in [-0.15, -0.1) is 0 Å². The first-order valence-electron chi connectivity index (χ1n) is 7.74. The van der Waals surface area contributed by atoms with E-state index in [0.717, 1.165) is 25.9 Å². The molecule has 1 heterocycles. The van der Waals surface area contributed by atoms with Gasteiger partial charge in [0.15, 0.2) is 0 Å². The summed E-state index contributed by atoms with van der Waals surface area (Å²) in [5.41, 5.74) is 1.93. The van der Waals surface area contributed by atoms with Crippen molar-refractivity contribution in [2.24, 2.45) is 0 Å². The number of carbonyl (C=O) groups is 2. The van der Waals surface area contributed by atoms with Gasteiger partial charge in [-0.05, 0) is 36.5 Å². The highest BCUT2D eigenvalue weighted by Crippen LogP contribution is 2.14. The van der Waals surface area contributed by atoms with E-state index < -0.39 is 0 Å². The van der Waals surface area contributed by atoms with Gasteiger partial charge >= 0.3 is 0 Å². The third-order valence-corrected chi connectivity index (χ3v) is 3.90. The van der Waals surface area contributed by atoms with E-state index in [9.17, 15) is 9.59 Å². The second-order valence-corrected chi connectivity index (χ2v) is 5.87. The maximum Gasteiger partial charge on any atom is 0.251 e. The Balaban J connectivity index is 1.72. The van der Waals surface area contributed by atoms with Crippen molar-refractivity contribution < 1.29 is 9.59 Å². The number of carbonyl (C=O) groups excluding carboxylic acids is 2. The maximum absolute atomic E-state index is 12.0. The smallest absolute Gasteiger partial charge is 0.251 e. The summed E-state index contributed by atoms with van der Waals surface area (Å²) in [6, 6.07) is 7.74. The summed E-state index contributed by atoms with van der Waals surface area (Å²) in [4.78, 5) is 25.3. The minimum Gasteiger partial charge on any atom is -0.352 e. The molecule has 1 N–H and O–H groups in total. The summed E-state index contributed by atoms with van der Waals surface area (Å²) in [7, 11) is 0. The number of hydrogen-bond acceptors (Lipinski definition) is 2. The van der Waals surface area contributed by atoms with E-state index in [1.165, 1.54) is 5.56 Å². The van der Waals surface area contributed by atoms with Gasteiger partial charge in [-0.1, -0.05) is 26.0 Å². The minimum absolute atomic E-state index is 0.0435. The zero-order chi connectivity index (χ0) is 15.2. The van der Waals surface area contributed by atoms with Crippen LogP contribution < -0.4 is 5.32 Å². The lowest BCUT2D eigenvalue weighted by atomic mass is 10.0. The molecule has 1 saturated heterocycles. The van der Waals surface area contributed by atoms with E-state index in [4.69, 9.17) is 0 Å². The summed E-state index contributed by atoms with van der Waals surface area (Å²) in [5, 5.41) is 2.91. The molecule has 0 aromatic heterocycles. The van der Waals surface area contributed by atoms with Gasteiger partial charge in [-0.3, -0.25) is 9.59 Å². The summed E-state index contributed by atoms with van der Waals surface area (Å²) in [6.45, 7) is 6.48. The molecule has 0 spiro atoms. The molecule has 21 heavy (non-hydrogen) atoms. The van der Waals surface area contributed by atoms with Gasteiger partial charge in [0, 0.05) is 31.6 Å². The molecule has 0 bridgehead atoms. The van der Waals surface area contributed by atoms with Crippen LogP contribution in [0, 0.1) is 0 Å². The lowest BCUT2D eigenvalue weighted by Gasteiger charge is -2.15. The zero-order valence-electron chi connectivity index (χ0n) is 12.9. The summed E-state index contributed by atoms with van der Waals surface area (Å²) in [5.74, 6) is 0.670. The Morgan fingerprint density at radius 2 is 2.00 bits per heavy atom. The van der Waals surface area contributed by atoms with Gasteiger partial charge in [0.05, 0.1) is 0 Å². The van der Waals surface area contributed by atoms with E-state index in [1.807, 2.05) is 29.2 Å². The van der Waals surface area contributed by atoms with Crippen molar-refractivity contribution >= 4 is 11.8 Å². The van der Waals surface area contributed by atoms with Crippen LogP contribution in [0.15, 0.2) is 24.3 Å². The third kappa shape index (κ3) is 4.31. The number of hydrogen-bond donors (Lipinski definition) is 1. The Hall–Kier alpha value is -1.84. The summed E-state index contributed by atoms with van der Waals surface area (Å²) >= 11 is 0. The molecular formula is C17H24N2O2.